The summed E-state index contributed by atoms with van der Waals surface area (Å²) in [5.41, 5.74) is 0.180. The Balaban J connectivity index is 2.04. The third-order valence-corrected chi connectivity index (χ3v) is 3.22. The van der Waals surface area contributed by atoms with E-state index < -0.39 is 5.97 Å². The van der Waals surface area contributed by atoms with E-state index in [2.05, 4.69) is 28.7 Å². The van der Waals surface area contributed by atoms with E-state index in [1.54, 1.807) is 0 Å². The number of hydrogen-bond donors (Lipinski definition) is 1. The lowest BCUT2D eigenvalue weighted by atomic mass is 10.2. The number of nitrogens with zero attached hydrogens (tertiary/aromatic N) is 4. The first-order chi connectivity index (χ1) is 9.08. The lowest BCUT2D eigenvalue weighted by molar-refractivity contribution is 0.0696. The fraction of sp³-hybridized carbons (Fsp3) is 0.615. The largest absolute Gasteiger partial charge is 0.477 e. The summed E-state index contributed by atoms with van der Waals surface area (Å²) in [6, 6.07) is 0. The second-order valence-corrected chi connectivity index (χ2v) is 5.25. The zero-order chi connectivity index (χ0) is 13.8. The molecule has 1 fully saturated rings. The Bertz CT molecular complexity index is 442. The molecule has 1 aromatic heterocycles. The summed E-state index contributed by atoms with van der Waals surface area (Å²) < 4.78 is 0. The van der Waals surface area contributed by atoms with Gasteiger partial charge in [-0.15, -0.1) is 0 Å². The van der Waals surface area contributed by atoms with Crippen molar-refractivity contribution in [3.63, 3.8) is 0 Å². The van der Waals surface area contributed by atoms with Crippen LogP contribution in [0.3, 0.4) is 0 Å². The van der Waals surface area contributed by atoms with E-state index in [0.717, 1.165) is 32.7 Å². The summed E-state index contributed by atoms with van der Waals surface area (Å²) in [6.07, 6.45) is 2.77. The molecule has 19 heavy (non-hydrogen) atoms. The van der Waals surface area contributed by atoms with Gasteiger partial charge < -0.3 is 10.0 Å². The van der Waals surface area contributed by atoms with E-state index in [0.29, 0.717) is 11.7 Å². The molecule has 1 saturated heterocycles. The molecule has 2 heterocycles. The molecule has 0 atom stereocenters. The summed E-state index contributed by atoms with van der Waals surface area (Å²) >= 11 is 0. The van der Waals surface area contributed by atoms with Gasteiger partial charge in [0.15, 0.2) is 0 Å². The normalized spacial score (nSPS) is 16.9. The Kier molecular flexibility index (Phi) is 4.31. The number of anilines is 1. The standard InChI is InChI=1S/C13H20N4O2/c1-10(2)8-16-3-5-17(6-4-16)12-11(13(18)19)7-14-9-15-12/h7,9-10H,3-6,8H2,1-2H3,(H,18,19). The van der Waals surface area contributed by atoms with Crippen LogP contribution in [0.1, 0.15) is 24.2 Å². The van der Waals surface area contributed by atoms with E-state index in [9.17, 15) is 4.79 Å². The summed E-state index contributed by atoms with van der Waals surface area (Å²) in [5, 5.41) is 9.15. The average Bonchev–Trinajstić information content (AvgIpc) is 2.39. The Labute approximate surface area is 113 Å². The highest BCUT2D eigenvalue weighted by atomic mass is 16.4. The lowest BCUT2D eigenvalue weighted by Gasteiger charge is -2.36. The topological polar surface area (TPSA) is 69.6 Å². The van der Waals surface area contributed by atoms with Crippen molar-refractivity contribution in [2.45, 2.75) is 13.8 Å². The molecule has 6 nitrogen and oxygen atoms in total. The zero-order valence-electron chi connectivity index (χ0n) is 11.4. The molecule has 2 rings (SSSR count). The fourth-order valence-corrected chi connectivity index (χ4v) is 2.38. The molecule has 0 aliphatic carbocycles. The SMILES string of the molecule is CC(C)CN1CCN(c2ncncc2C(=O)O)CC1. The number of aromatic carboxylic acids is 1. The number of carbonyl (C=O) groups is 1. The molecule has 1 N–H and O–H groups in total. The Morgan fingerprint density at radius 2 is 2.05 bits per heavy atom. The molecule has 0 spiro atoms. The predicted molar refractivity (Wildman–Crippen MR) is 72.5 cm³/mol. The van der Waals surface area contributed by atoms with Crippen molar-refractivity contribution < 1.29 is 9.90 Å². The Morgan fingerprint density at radius 1 is 1.37 bits per heavy atom. The van der Waals surface area contributed by atoms with Crippen molar-refractivity contribution in [2.24, 2.45) is 5.92 Å². The van der Waals surface area contributed by atoms with Crippen molar-refractivity contribution in [1.82, 2.24) is 14.9 Å². The highest BCUT2D eigenvalue weighted by Gasteiger charge is 2.22. The van der Waals surface area contributed by atoms with Gasteiger partial charge in [-0.25, -0.2) is 14.8 Å². The number of piperazine rings is 1. The van der Waals surface area contributed by atoms with E-state index >= 15 is 0 Å². The molecule has 1 aliphatic heterocycles. The van der Waals surface area contributed by atoms with Crippen molar-refractivity contribution in [1.29, 1.82) is 0 Å². The average molecular weight is 264 g/mol. The number of carboxylic acid groups (broad SMARTS) is 1. The van der Waals surface area contributed by atoms with Crippen LogP contribution < -0.4 is 4.90 Å². The molecule has 0 unspecified atom stereocenters. The second-order valence-electron chi connectivity index (χ2n) is 5.25. The first-order valence-electron chi connectivity index (χ1n) is 6.58. The van der Waals surface area contributed by atoms with Crippen molar-refractivity contribution in [3.05, 3.63) is 18.1 Å². The van der Waals surface area contributed by atoms with Gasteiger partial charge in [-0.2, -0.15) is 0 Å². The van der Waals surface area contributed by atoms with Crippen molar-refractivity contribution in [3.8, 4) is 0 Å². The molecule has 0 amide bonds. The second kappa shape index (κ2) is 5.97. The van der Waals surface area contributed by atoms with Gasteiger partial charge in [0.1, 0.15) is 17.7 Å². The van der Waals surface area contributed by atoms with Crippen LogP contribution in [0.15, 0.2) is 12.5 Å². The summed E-state index contributed by atoms with van der Waals surface area (Å²) in [5.74, 6) is 0.215. The third kappa shape index (κ3) is 3.41. The van der Waals surface area contributed by atoms with E-state index in [4.69, 9.17) is 5.11 Å². The molecular weight excluding hydrogens is 244 g/mol. The minimum Gasteiger partial charge on any atom is -0.477 e. The predicted octanol–water partition coefficient (Wildman–Crippen LogP) is 0.953. The van der Waals surface area contributed by atoms with E-state index in [-0.39, 0.29) is 5.56 Å². The summed E-state index contributed by atoms with van der Waals surface area (Å²) in [6.45, 7) is 9.01. The van der Waals surface area contributed by atoms with Gasteiger partial charge in [-0.3, -0.25) is 4.90 Å². The van der Waals surface area contributed by atoms with Crippen LogP contribution in [0.4, 0.5) is 5.82 Å². The van der Waals surface area contributed by atoms with Crippen molar-refractivity contribution >= 4 is 11.8 Å². The van der Waals surface area contributed by atoms with Crippen LogP contribution in [0.25, 0.3) is 0 Å². The van der Waals surface area contributed by atoms with Gasteiger partial charge in [0, 0.05) is 38.9 Å². The van der Waals surface area contributed by atoms with Crippen LogP contribution in [0.5, 0.6) is 0 Å². The van der Waals surface area contributed by atoms with Crippen LogP contribution in [0.2, 0.25) is 0 Å². The summed E-state index contributed by atoms with van der Waals surface area (Å²) in [7, 11) is 0. The third-order valence-electron chi connectivity index (χ3n) is 3.22. The van der Waals surface area contributed by atoms with Gasteiger partial charge in [0.25, 0.3) is 0 Å². The monoisotopic (exact) mass is 264 g/mol. The van der Waals surface area contributed by atoms with Crippen molar-refractivity contribution in [2.75, 3.05) is 37.6 Å². The highest BCUT2D eigenvalue weighted by Crippen LogP contribution is 2.18. The van der Waals surface area contributed by atoms with E-state index in [1.165, 1.54) is 12.5 Å². The number of hydrogen-bond acceptors (Lipinski definition) is 5. The van der Waals surface area contributed by atoms with Gasteiger partial charge in [0.05, 0.1) is 0 Å². The fourth-order valence-electron chi connectivity index (χ4n) is 2.38. The molecular formula is C13H20N4O2. The molecule has 6 heteroatoms. The Morgan fingerprint density at radius 3 is 2.63 bits per heavy atom. The molecule has 0 aromatic carbocycles. The minimum atomic E-state index is -0.972. The molecule has 0 bridgehead atoms. The first-order valence-corrected chi connectivity index (χ1v) is 6.58. The van der Waals surface area contributed by atoms with Gasteiger partial charge in [0.2, 0.25) is 0 Å². The zero-order valence-corrected chi connectivity index (χ0v) is 11.4. The van der Waals surface area contributed by atoms with Crippen LogP contribution in [0, 0.1) is 5.92 Å². The molecule has 0 saturated carbocycles. The van der Waals surface area contributed by atoms with E-state index in [1.807, 2.05) is 4.90 Å². The smallest absolute Gasteiger partial charge is 0.341 e. The minimum absolute atomic E-state index is 0.180. The van der Waals surface area contributed by atoms with Gasteiger partial charge >= 0.3 is 5.97 Å². The quantitative estimate of drug-likeness (QED) is 0.873. The first kappa shape index (κ1) is 13.7. The maximum Gasteiger partial charge on any atom is 0.341 e. The maximum absolute atomic E-state index is 11.2. The van der Waals surface area contributed by atoms with Crippen LogP contribution in [-0.4, -0.2) is 58.7 Å². The van der Waals surface area contributed by atoms with Gasteiger partial charge in [-0.1, -0.05) is 13.8 Å². The number of aromatic nitrogens is 2. The molecule has 1 aliphatic rings. The molecule has 104 valence electrons. The lowest BCUT2D eigenvalue weighted by Crippen LogP contribution is -2.48. The van der Waals surface area contributed by atoms with Crippen LogP contribution >= 0.6 is 0 Å². The summed E-state index contributed by atoms with van der Waals surface area (Å²) in [4.78, 5) is 23.5. The Hall–Kier alpha value is -1.69. The number of rotatable bonds is 4. The van der Waals surface area contributed by atoms with Gasteiger partial charge in [-0.05, 0) is 5.92 Å². The molecule has 0 radical (unpaired) electrons. The van der Waals surface area contributed by atoms with Crippen LogP contribution in [-0.2, 0) is 0 Å². The molecule has 1 aromatic rings. The number of carboxylic acids is 1. The maximum atomic E-state index is 11.2. The highest BCUT2D eigenvalue weighted by molar-refractivity contribution is 5.92.